The molecule has 0 aromatic carbocycles. The van der Waals surface area contributed by atoms with Gasteiger partial charge in [-0.1, -0.05) is 26.8 Å². The van der Waals surface area contributed by atoms with Crippen molar-refractivity contribution in [1.82, 2.24) is 0 Å². The molecule has 0 unspecified atom stereocenters. The number of rotatable bonds is 6. The van der Waals surface area contributed by atoms with Crippen LogP contribution < -0.4 is 0 Å². The molecule has 0 bridgehead atoms. The molecule has 0 aliphatic heterocycles. The van der Waals surface area contributed by atoms with Crippen LogP contribution in [0.5, 0.6) is 0 Å². The first-order valence-corrected chi connectivity index (χ1v) is 8.19. The number of hydrogen-bond donors (Lipinski definition) is 0. The summed E-state index contributed by atoms with van der Waals surface area (Å²) in [6.45, 7) is 10.8. The average Bonchev–Trinajstić information content (AvgIpc) is 2.25. The SMILES string of the molecule is C/C=C/C(=C\C)O[Si](CC)(CC)CC. The van der Waals surface area contributed by atoms with Gasteiger partial charge in [-0.2, -0.15) is 0 Å². The van der Waals surface area contributed by atoms with Crippen LogP contribution in [0.4, 0.5) is 0 Å². The van der Waals surface area contributed by atoms with Crippen molar-refractivity contribution >= 4 is 8.32 Å². The Bertz CT molecular complexity index is 194. The molecule has 2 heteroatoms. The van der Waals surface area contributed by atoms with E-state index < -0.39 is 8.32 Å². The first-order chi connectivity index (χ1) is 6.67. The van der Waals surface area contributed by atoms with Crippen LogP contribution >= 0.6 is 0 Å². The van der Waals surface area contributed by atoms with E-state index in [0.29, 0.717) is 0 Å². The summed E-state index contributed by atoms with van der Waals surface area (Å²) in [5, 5.41) is 0. The lowest BCUT2D eigenvalue weighted by Crippen LogP contribution is -2.35. The van der Waals surface area contributed by atoms with Crippen molar-refractivity contribution in [1.29, 1.82) is 0 Å². The van der Waals surface area contributed by atoms with Crippen molar-refractivity contribution in [3.63, 3.8) is 0 Å². The Morgan fingerprint density at radius 3 is 1.86 bits per heavy atom. The van der Waals surface area contributed by atoms with E-state index in [2.05, 4.69) is 32.9 Å². The third-order valence-corrected chi connectivity index (χ3v) is 7.42. The van der Waals surface area contributed by atoms with E-state index in [1.165, 1.54) is 18.1 Å². The zero-order valence-electron chi connectivity index (χ0n) is 10.3. The Balaban J connectivity index is 4.57. The van der Waals surface area contributed by atoms with Crippen LogP contribution in [0, 0.1) is 0 Å². The number of allylic oxidation sites excluding steroid dienone is 3. The lowest BCUT2D eigenvalue weighted by atomic mass is 10.4. The molecule has 0 spiro atoms. The van der Waals surface area contributed by atoms with E-state index in [4.69, 9.17) is 4.43 Å². The Kier molecular flexibility index (Phi) is 6.63. The van der Waals surface area contributed by atoms with Crippen molar-refractivity contribution in [2.24, 2.45) is 0 Å². The molecule has 14 heavy (non-hydrogen) atoms. The van der Waals surface area contributed by atoms with Crippen LogP contribution in [0.1, 0.15) is 34.6 Å². The minimum Gasteiger partial charge on any atom is -0.544 e. The van der Waals surface area contributed by atoms with Gasteiger partial charge in [0.15, 0.2) is 0 Å². The molecule has 0 aliphatic rings. The summed E-state index contributed by atoms with van der Waals surface area (Å²) in [5.74, 6) is 1.05. The van der Waals surface area contributed by atoms with Crippen molar-refractivity contribution in [2.45, 2.75) is 52.8 Å². The molecule has 0 saturated heterocycles. The normalized spacial score (nSPS) is 13.6. The van der Waals surface area contributed by atoms with Gasteiger partial charge in [-0.05, 0) is 44.1 Å². The first-order valence-electron chi connectivity index (χ1n) is 5.66. The molecule has 0 aliphatic carbocycles. The van der Waals surface area contributed by atoms with Crippen LogP contribution in [0.2, 0.25) is 18.1 Å². The maximum absolute atomic E-state index is 6.19. The van der Waals surface area contributed by atoms with Crippen LogP contribution in [-0.2, 0) is 4.43 Å². The summed E-state index contributed by atoms with van der Waals surface area (Å²) in [6, 6.07) is 3.61. The van der Waals surface area contributed by atoms with Gasteiger partial charge in [0.25, 0.3) is 0 Å². The molecule has 0 aromatic heterocycles. The fourth-order valence-corrected chi connectivity index (χ4v) is 4.19. The molecular weight excluding hydrogens is 188 g/mol. The van der Waals surface area contributed by atoms with Crippen LogP contribution in [0.15, 0.2) is 24.0 Å². The van der Waals surface area contributed by atoms with Crippen molar-refractivity contribution in [3.05, 3.63) is 24.0 Å². The highest BCUT2D eigenvalue weighted by Gasteiger charge is 2.30. The molecule has 82 valence electrons. The van der Waals surface area contributed by atoms with Gasteiger partial charge >= 0.3 is 0 Å². The molecule has 0 aromatic rings. The molecule has 1 nitrogen and oxygen atoms in total. The molecule has 0 fully saturated rings. The maximum atomic E-state index is 6.19. The smallest absolute Gasteiger partial charge is 0.250 e. The predicted octanol–water partition coefficient (Wildman–Crippen LogP) is 4.49. The van der Waals surface area contributed by atoms with E-state index in [1.54, 1.807) is 0 Å². The zero-order valence-corrected chi connectivity index (χ0v) is 11.3. The van der Waals surface area contributed by atoms with E-state index in [0.717, 1.165) is 5.76 Å². The van der Waals surface area contributed by atoms with E-state index in [-0.39, 0.29) is 0 Å². The Labute approximate surface area is 90.0 Å². The summed E-state index contributed by atoms with van der Waals surface area (Å²) >= 11 is 0. The highest BCUT2D eigenvalue weighted by molar-refractivity contribution is 6.73. The molecule has 0 amide bonds. The summed E-state index contributed by atoms with van der Waals surface area (Å²) in [7, 11) is -1.46. The molecule has 0 N–H and O–H groups in total. The Morgan fingerprint density at radius 1 is 1.07 bits per heavy atom. The molecular formula is C12H24OSi. The van der Waals surface area contributed by atoms with Gasteiger partial charge in [0, 0.05) is 0 Å². The van der Waals surface area contributed by atoms with Crippen molar-refractivity contribution < 1.29 is 4.43 Å². The highest BCUT2D eigenvalue weighted by atomic mass is 28.4. The Hall–Kier alpha value is -0.503. The fourth-order valence-electron chi connectivity index (χ4n) is 1.57. The van der Waals surface area contributed by atoms with E-state index in [1.807, 2.05) is 19.9 Å². The van der Waals surface area contributed by atoms with Gasteiger partial charge < -0.3 is 4.43 Å². The van der Waals surface area contributed by atoms with Crippen molar-refractivity contribution in [2.75, 3.05) is 0 Å². The lowest BCUT2D eigenvalue weighted by molar-refractivity contribution is 0.421. The van der Waals surface area contributed by atoms with Crippen LogP contribution in [0.3, 0.4) is 0 Å². The van der Waals surface area contributed by atoms with Crippen LogP contribution in [0.25, 0.3) is 0 Å². The number of hydrogen-bond acceptors (Lipinski definition) is 1. The van der Waals surface area contributed by atoms with Gasteiger partial charge in [-0.3, -0.25) is 0 Å². The molecule has 0 radical (unpaired) electrons. The maximum Gasteiger partial charge on any atom is 0.250 e. The minimum atomic E-state index is -1.46. The van der Waals surface area contributed by atoms with Gasteiger partial charge in [-0.15, -0.1) is 0 Å². The second kappa shape index (κ2) is 6.88. The van der Waals surface area contributed by atoms with Crippen molar-refractivity contribution in [3.8, 4) is 0 Å². The summed E-state index contributed by atoms with van der Waals surface area (Å²) in [5.41, 5.74) is 0. The van der Waals surface area contributed by atoms with E-state index >= 15 is 0 Å². The minimum absolute atomic E-state index is 1.05. The topological polar surface area (TPSA) is 9.23 Å². The lowest BCUT2D eigenvalue weighted by Gasteiger charge is -2.29. The predicted molar refractivity (Wildman–Crippen MR) is 66.9 cm³/mol. The van der Waals surface area contributed by atoms with Gasteiger partial charge in [0.05, 0.1) is 5.76 Å². The van der Waals surface area contributed by atoms with Gasteiger partial charge in [-0.25, -0.2) is 0 Å². The van der Waals surface area contributed by atoms with Crippen LogP contribution in [-0.4, -0.2) is 8.32 Å². The molecule has 0 heterocycles. The third kappa shape index (κ3) is 3.70. The monoisotopic (exact) mass is 212 g/mol. The summed E-state index contributed by atoms with van der Waals surface area (Å²) < 4.78 is 6.19. The van der Waals surface area contributed by atoms with Gasteiger partial charge in [0.2, 0.25) is 8.32 Å². The summed E-state index contributed by atoms with van der Waals surface area (Å²) in [6.07, 6.45) is 6.15. The highest BCUT2D eigenvalue weighted by Crippen LogP contribution is 2.24. The van der Waals surface area contributed by atoms with Gasteiger partial charge in [0.1, 0.15) is 0 Å². The molecule has 0 saturated carbocycles. The fraction of sp³-hybridized carbons (Fsp3) is 0.667. The quantitative estimate of drug-likeness (QED) is 0.358. The molecule has 0 atom stereocenters. The third-order valence-electron chi connectivity index (χ3n) is 2.88. The standard InChI is InChI=1S/C12H24OSi/c1-6-11-12(7-2)13-14(8-3,9-4)10-5/h6-7,11H,8-10H2,1-5H3/b11-6+,12-7+. The zero-order chi connectivity index (χ0) is 11.0. The largest absolute Gasteiger partial charge is 0.544 e. The van der Waals surface area contributed by atoms with E-state index in [9.17, 15) is 0 Å². The second-order valence-electron chi connectivity index (χ2n) is 3.54. The molecule has 0 rings (SSSR count). The Morgan fingerprint density at radius 2 is 1.57 bits per heavy atom. The second-order valence-corrected chi connectivity index (χ2v) is 8.23. The average molecular weight is 212 g/mol. The first kappa shape index (κ1) is 13.5. The summed E-state index contributed by atoms with van der Waals surface area (Å²) in [4.78, 5) is 0.